The molecule has 0 spiro atoms. The van der Waals surface area contributed by atoms with Crippen LogP contribution in [0.25, 0.3) is 0 Å². The minimum atomic E-state index is -3.05. The molecule has 0 aromatic heterocycles. The molecular weight excluding hydrogens is 354 g/mol. The summed E-state index contributed by atoms with van der Waals surface area (Å²) in [4.78, 5) is 24.0. The summed E-state index contributed by atoms with van der Waals surface area (Å²) < 4.78 is 23.2. The molecule has 7 nitrogen and oxygen atoms in total. The van der Waals surface area contributed by atoms with Gasteiger partial charge in [-0.25, -0.2) is 13.2 Å². The first-order chi connectivity index (χ1) is 12.4. The summed E-state index contributed by atoms with van der Waals surface area (Å²) in [6.45, 7) is 0.304. The lowest BCUT2D eigenvalue weighted by molar-refractivity contribution is -0.122. The summed E-state index contributed by atoms with van der Waals surface area (Å²) in [7, 11) is -3.05. The molecule has 1 heterocycles. The average molecular weight is 379 g/mol. The molecule has 1 aromatic rings. The highest BCUT2D eigenvalue weighted by molar-refractivity contribution is 7.91. The van der Waals surface area contributed by atoms with E-state index in [1.807, 2.05) is 24.3 Å². The van der Waals surface area contributed by atoms with Crippen molar-refractivity contribution in [3.05, 3.63) is 29.8 Å². The van der Waals surface area contributed by atoms with E-state index in [1.54, 1.807) is 0 Å². The Balaban J connectivity index is 1.47. The van der Waals surface area contributed by atoms with E-state index >= 15 is 0 Å². The van der Waals surface area contributed by atoms with Crippen LogP contribution in [0.3, 0.4) is 0 Å². The van der Waals surface area contributed by atoms with Crippen molar-refractivity contribution in [2.75, 3.05) is 16.8 Å². The van der Waals surface area contributed by atoms with E-state index in [4.69, 9.17) is 0 Å². The minimum Gasteiger partial charge on any atom is -0.334 e. The molecule has 142 valence electrons. The largest absolute Gasteiger partial charge is 0.334 e. The lowest BCUT2D eigenvalue weighted by Gasteiger charge is -2.24. The molecule has 3 amide bonds. The molecule has 1 aliphatic carbocycles. The summed E-state index contributed by atoms with van der Waals surface area (Å²) in [5, 5.41) is 8.38. The zero-order chi connectivity index (χ0) is 18.6. The molecule has 2 aliphatic rings. The second-order valence-electron chi connectivity index (χ2n) is 7.10. The van der Waals surface area contributed by atoms with Crippen LogP contribution in [0.4, 0.5) is 10.5 Å². The Kier molecular flexibility index (Phi) is 5.80. The predicted octanol–water partition coefficient (Wildman–Crippen LogP) is 1.80. The van der Waals surface area contributed by atoms with Crippen molar-refractivity contribution in [2.24, 2.45) is 5.92 Å². The molecule has 1 atom stereocenters. The molecular formula is C18H25N3O4S. The van der Waals surface area contributed by atoms with Crippen LogP contribution in [0.1, 0.15) is 37.7 Å². The Morgan fingerprint density at radius 1 is 1.12 bits per heavy atom. The Hall–Kier alpha value is -2.09. The third-order valence-electron chi connectivity index (χ3n) is 4.92. The molecule has 1 aliphatic heterocycles. The molecule has 1 saturated heterocycles. The maximum atomic E-state index is 12.0. The summed E-state index contributed by atoms with van der Waals surface area (Å²) in [5.74, 6) is 0.377. The van der Waals surface area contributed by atoms with Gasteiger partial charge in [0.05, 0.1) is 11.5 Å². The summed E-state index contributed by atoms with van der Waals surface area (Å²) in [6, 6.07) is 6.65. The van der Waals surface area contributed by atoms with Crippen molar-refractivity contribution >= 4 is 27.5 Å². The fourth-order valence-electron chi connectivity index (χ4n) is 3.23. The molecule has 3 N–H and O–H groups in total. The van der Waals surface area contributed by atoms with Gasteiger partial charge in [-0.15, -0.1) is 0 Å². The summed E-state index contributed by atoms with van der Waals surface area (Å²) >= 11 is 0. The lowest BCUT2D eigenvalue weighted by Crippen LogP contribution is -2.47. The van der Waals surface area contributed by atoms with Crippen molar-refractivity contribution in [2.45, 2.75) is 44.7 Å². The maximum absolute atomic E-state index is 12.0. The number of anilines is 1. The van der Waals surface area contributed by atoms with E-state index in [9.17, 15) is 18.0 Å². The number of carbonyl (C=O) groups is 2. The third-order valence-corrected chi connectivity index (χ3v) is 6.74. The van der Waals surface area contributed by atoms with Gasteiger partial charge in [0.15, 0.2) is 9.84 Å². The minimum absolute atomic E-state index is 0.00308. The van der Waals surface area contributed by atoms with Gasteiger partial charge in [0.1, 0.15) is 0 Å². The van der Waals surface area contributed by atoms with E-state index in [1.165, 1.54) is 0 Å². The third kappa shape index (κ3) is 5.20. The fraction of sp³-hybridized carbons (Fsp3) is 0.556. The first-order valence-electron chi connectivity index (χ1n) is 9.06. The van der Waals surface area contributed by atoms with E-state index < -0.39 is 9.84 Å². The van der Waals surface area contributed by atoms with E-state index in [0.29, 0.717) is 19.4 Å². The van der Waals surface area contributed by atoms with Crippen LogP contribution in [0.5, 0.6) is 0 Å². The van der Waals surface area contributed by atoms with Crippen molar-refractivity contribution < 1.29 is 18.0 Å². The molecule has 1 unspecified atom stereocenters. The summed E-state index contributed by atoms with van der Waals surface area (Å²) in [6.07, 6.45) is 4.26. The van der Waals surface area contributed by atoms with Crippen molar-refractivity contribution in [1.82, 2.24) is 10.6 Å². The Morgan fingerprint density at radius 3 is 2.62 bits per heavy atom. The Labute approximate surface area is 153 Å². The first kappa shape index (κ1) is 18.7. The van der Waals surface area contributed by atoms with Gasteiger partial charge in [0, 0.05) is 24.2 Å². The molecule has 0 bridgehead atoms. The molecule has 3 rings (SSSR count). The van der Waals surface area contributed by atoms with Crippen LogP contribution in [0.2, 0.25) is 0 Å². The molecule has 1 saturated carbocycles. The van der Waals surface area contributed by atoms with Gasteiger partial charge in [0.2, 0.25) is 5.91 Å². The lowest BCUT2D eigenvalue weighted by atomic mass is 9.85. The van der Waals surface area contributed by atoms with Crippen molar-refractivity contribution in [3.63, 3.8) is 0 Å². The predicted molar refractivity (Wildman–Crippen MR) is 99.5 cm³/mol. The monoisotopic (exact) mass is 379 g/mol. The van der Waals surface area contributed by atoms with E-state index in [2.05, 4.69) is 16.0 Å². The van der Waals surface area contributed by atoms with Crippen LogP contribution in [0.15, 0.2) is 24.3 Å². The zero-order valence-electron chi connectivity index (χ0n) is 14.7. The second-order valence-corrected chi connectivity index (χ2v) is 9.33. The van der Waals surface area contributed by atoms with Crippen molar-refractivity contribution in [3.8, 4) is 0 Å². The number of benzene rings is 1. The Bertz CT molecular complexity index is 774. The summed E-state index contributed by atoms with van der Waals surface area (Å²) in [5.41, 5.74) is 1.59. The van der Waals surface area contributed by atoms with Gasteiger partial charge in [-0.1, -0.05) is 18.6 Å². The molecule has 0 radical (unpaired) electrons. The highest BCUT2D eigenvalue weighted by Crippen LogP contribution is 2.27. The molecule has 1 aromatic carbocycles. The fourth-order valence-corrected chi connectivity index (χ4v) is 4.87. The van der Waals surface area contributed by atoms with E-state index in [0.717, 1.165) is 30.5 Å². The Morgan fingerprint density at radius 2 is 1.92 bits per heavy atom. The first-order valence-corrected chi connectivity index (χ1v) is 10.9. The topological polar surface area (TPSA) is 104 Å². The number of nitrogens with one attached hydrogen (secondary N) is 3. The van der Waals surface area contributed by atoms with Crippen LogP contribution < -0.4 is 16.0 Å². The van der Waals surface area contributed by atoms with Gasteiger partial charge in [0.25, 0.3) is 0 Å². The van der Waals surface area contributed by atoms with Crippen molar-refractivity contribution in [1.29, 1.82) is 0 Å². The van der Waals surface area contributed by atoms with Crippen LogP contribution in [-0.2, 0) is 21.2 Å². The van der Waals surface area contributed by atoms with Gasteiger partial charge in [-0.2, -0.15) is 0 Å². The number of hydrogen-bond donors (Lipinski definition) is 3. The highest BCUT2D eigenvalue weighted by atomic mass is 32.2. The second kappa shape index (κ2) is 8.07. The number of carbonyl (C=O) groups excluding carboxylic acids is 2. The standard InChI is InChI=1S/C18H25N3O4S/c22-17(14-5-2-6-14)20-15-7-1-4-13(10-15)11-19-18(23)21-16-8-3-9-26(24,25)12-16/h1,4,7,10,14,16H,2-3,5-6,8-9,11-12H2,(H,20,22)(H2,19,21,23). The molecule has 26 heavy (non-hydrogen) atoms. The van der Waals surface area contributed by atoms with Crippen LogP contribution in [-0.4, -0.2) is 37.9 Å². The van der Waals surface area contributed by atoms with Gasteiger partial charge < -0.3 is 16.0 Å². The van der Waals surface area contributed by atoms with Gasteiger partial charge in [-0.05, 0) is 43.4 Å². The van der Waals surface area contributed by atoms with Crippen LogP contribution >= 0.6 is 0 Å². The SMILES string of the molecule is O=C(NCc1cccc(NC(=O)C2CCC2)c1)NC1CCCS(=O)(=O)C1. The quantitative estimate of drug-likeness (QED) is 0.725. The number of hydrogen-bond acceptors (Lipinski definition) is 4. The normalized spacial score (nSPS) is 22.1. The molecule has 2 fully saturated rings. The van der Waals surface area contributed by atoms with Crippen LogP contribution in [0, 0.1) is 5.92 Å². The van der Waals surface area contributed by atoms with Gasteiger partial charge in [-0.3, -0.25) is 4.79 Å². The smallest absolute Gasteiger partial charge is 0.315 e. The maximum Gasteiger partial charge on any atom is 0.315 e. The van der Waals surface area contributed by atoms with Gasteiger partial charge >= 0.3 is 6.03 Å². The number of amides is 3. The number of rotatable bonds is 5. The average Bonchev–Trinajstić information content (AvgIpc) is 2.50. The number of sulfone groups is 1. The van der Waals surface area contributed by atoms with E-state index in [-0.39, 0.29) is 35.4 Å². The zero-order valence-corrected chi connectivity index (χ0v) is 15.5. The molecule has 8 heteroatoms. The number of urea groups is 1. The highest BCUT2D eigenvalue weighted by Gasteiger charge is 2.26.